The van der Waals surface area contributed by atoms with Crippen LogP contribution in [-0.4, -0.2) is 70.1 Å². The summed E-state index contributed by atoms with van der Waals surface area (Å²) in [5.74, 6) is 1.92. The molecule has 1 amide bonds. The van der Waals surface area contributed by atoms with Gasteiger partial charge in [0.05, 0.1) is 0 Å². The Bertz CT molecular complexity index is 1040. The van der Waals surface area contributed by atoms with E-state index in [9.17, 15) is 4.79 Å². The van der Waals surface area contributed by atoms with E-state index in [0.29, 0.717) is 5.82 Å². The van der Waals surface area contributed by atoms with Crippen LogP contribution in [0.25, 0.3) is 5.82 Å². The molecule has 3 aromatic rings. The molecule has 166 valence electrons. The van der Waals surface area contributed by atoms with Gasteiger partial charge in [0.25, 0.3) is 0 Å². The molecule has 0 atom stereocenters. The van der Waals surface area contributed by atoms with Crippen molar-refractivity contribution in [1.82, 2.24) is 24.9 Å². The second kappa shape index (κ2) is 9.16. The van der Waals surface area contributed by atoms with Gasteiger partial charge in [0, 0.05) is 68.3 Å². The minimum absolute atomic E-state index is 0.0836. The number of hydrogen-bond acceptors (Lipinski definition) is 6. The van der Waals surface area contributed by atoms with Gasteiger partial charge in [0.1, 0.15) is 0 Å². The van der Waals surface area contributed by atoms with E-state index in [-0.39, 0.29) is 11.8 Å². The lowest BCUT2D eigenvalue weighted by Gasteiger charge is -2.39. The fraction of sp³-hybridized carbons (Fsp3) is 0.391. The van der Waals surface area contributed by atoms with E-state index in [1.807, 2.05) is 47.5 Å². The molecule has 2 aliphatic heterocycles. The van der Waals surface area contributed by atoms with Gasteiger partial charge in [-0.2, -0.15) is 5.10 Å². The number of piperazine rings is 1. The van der Waals surface area contributed by atoms with Gasteiger partial charge in [0.2, 0.25) is 5.91 Å². The maximum atomic E-state index is 13.1. The predicted octanol–water partition coefficient (Wildman–Crippen LogP) is 2.88. The molecular formula is C23H26ClN7O. The van der Waals surface area contributed by atoms with Crippen molar-refractivity contribution in [1.29, 1.82) is 0 Å². The largest absolute Gasteiger partial charge is 0.368 e. The molecular weight excluding hydrogens is 426 g/mol. The van der Waals surface area contributed by atoms with Gasteiger partial charge < -0.3 is 14.7 Å². The van der Waals surface area contributed by atoms with Gasteiger partial charge in [-0.05, 0) is 49.2 Å². The normalized spacial score (nSPS) is 17.6. The molecule has 32 heavy (non-hydrogen) atoms. The van der Waals surface area contributed by atoms with E-state index in [0.717, 1.165) is 68.6 Å². The molecule has 8 nitrogen and oxygen atoms in total. The Labute approximate surface area is 192 Å². The van der Waals surface area contributed by atoms with Crippen LogP contribution in [0.4, 0.5) is 11.5 Å². The number of amides is 1. The summed E-state index contributed by atoms with van der Waals surface area (Å²) < 4.78 is 1.69. The molecule has 5 rings (SSSR count). The van der Waals surface area contributed by atoms with Gasteiger partial charge in [-0.15, -0.1) is 10.2 Å². The molecule has 0 N–H and O–H groups in total. The van der Waals surface area contributed by atoms with Crippen molar-refractivity contribution in [2.45, 2.75) is 12.8 Å². The molecule has 9 heteroatoms. The van der Waals surface area contributed by atoms with Crippen LogP contribution in [0.3, 0.4) is 0 Å². The second-order valence-electron chi connectivity index (χ2n) is 8.25. The second-order valence-corrected chi connectivity index (χ2v) is 8.69. The van der Waals surface area contributed by atoms with Crippen LogP contribution in [0.15, 0.2) is 54.9 Å². The Morgan fingerprint density at radius 1 is 0.875 bits per heavy atom. The van der Waals surface area contributed by atoms with Crippen molar-refractivity contribution in [2.75, 3.05) is 49.1 Å². The zero-order valence-electron chi connectivity index (χ0n) is 17.8. The highest BCUT2D eigenvalue weighted by Crippen LogP contribution is 2.25. The fourth-order valence-electron chi connectivity index (χ4n) is 4.48. The first-order valence-corrected chi connectivity index (χ1v) is 11.4. The van der Waals surface area contributed by atoms with E-state index in [2.05, 4.69) is 31.2 Å². The molecule has 2 aliphatic rings. The Balaban J connectivity index is 1.12. The van der Waals surface area contributed by atoms with Crippen LogP contribution in [0.5, 0.6) is 0 Å². The quantitative estimate of drug-likeness (QED) is 0.607. The third-order valence-electron chi connectivity index (χ3n) is 6.31. The lowest BCUT2D eigenvalue weighted by molar-refractivity contribution is -0.136. The third kappa shape index (κ3) is 4.41. The number of carbonyl (C=O) groups excluding carboxylic acids is 1. The maximum Gasteiger partial charge on any atom is 0.225 e. The first-order valence-electron chi connectivity index (χ1n) is 11.1. The summed E-state index contributed by atoms with van der Waals surface area (Å²) in [5, 5.41) is 13.6. The van der Waals surface area contributed by atoms with Crippen LogP contribution >= 0.6 is 11.6 Å². The molecule has 0 unspecified atom stereocenters. The number of benzene rings is 1. The number of hydrogen-bond donors (Lipinski definition) is 0. The van der Waals surface area contributed by atoms with Crippen molar-refractivity contribution < 1.29 is 4.79 Å². The zero-order valence-corrected chi connectivity index (χ0v) is 18.6. The van der Waals surface area contributed by atoms with Gasteiger partial charge in [-0.3, -0.25) is 4.79 Å². The van der Waals surface area contributed by atoms with Gasteiger partial charge in [0.15, 0.2) is 11.6 Å². The summed E-state index contributed by atoms with van der Waals surface area (Å²) >= 11 is 6.12. The van der Waals surface area contributed by atoms with Crippen LogP contribution in [0, 0.1) is 5.92 Å². The van der Waals surface area contributed by atoms with Gasteiger partial charge >= 0.3 is 0 Å². The number of anilines is 2. The zero-order chi connectivity index (χ0) is 21.9. The molecule has 4 heterocycles. The standard InChI is InChI=1S/C23H26ClN7O/c24-19-3-1-4-20(17-19)28-13-15-30(16-14-28)23(32)18-7-11-29(12-8-18)21-5-6-22(27-26-21)31-10-2-9-25-31/h1-6,9-10,17-18H,7-8,11-16H2. The Kier molecular flexibility index (Phi) is 5.94. The summed E-state index contributed by atoms with van der Waals surface area (Å²) in [5.41, 5.74) is 1.12. The van der Waals surface area contributed by atoms with Crippen molar-refractivity contribution in [3.05, 3.63) is 59.9 Å². The Morgan fingerprint density at radius 2 is 1.62 bits per heavy atom. The third-order valence-corrected chi connectivity index (χ3v) is 6.54. The number of halogens is 1. The first kappa shape index (κ1) is 20.8. The SMILES string of the molecule is O=C(C1CCN(c2ccc(-n3cccn3)nn2)CC1)N1CCN(c2cccc(Cl)c2)CC1. The van der Waals surface area contributed by atoms with Gasteiger partial charge in [-0.25, -0.2) is 4.68 Å². The number of nitrogens with zero attached hydrogens (tertiary/aromatic N) is 7. The van der Waals surface area contributed by atoms with Crippen LogP contribution in [-0.2, 0) is 4.79 Å². The van der Waals surface area contributed by atoms with Crippen molar-refractivity contribution in [3.8, 4) is 5.82 Å². The van der Waals surface area contributed by atoms with E-state index in [1.165, 1.54) is 0 Å². The predicted molar refractivity (Wildman–Crippen MR) is 124 cm³/mol. The van der Waals surface area contributed by atoms with E-state index >= 15 is 0 Å². The molecule has 0 aliphatic carbocycles. The van der Waals surface area contributed by atoms with Crippen molar-refractivity contribution >= 4 is 29.0 Å². The highest BCUT2D eigenvalue weighted by atomic mass is 35.5. The summed E-state index contributed by atoms with van der Waals surface area (Å²) in [6, 6.07) is 13.7. The summed E-state index contributed by atoms with van der Waals surface area (Å²) in [6.45, 7) is 4.81. The van der Waals surface area contributed by atoms with E-state index < -0.39 is 0 Å². The summed E-state index contributed by atoms with van der Waals surface area (Å²) in [7, 11) is 0. The molecule has 1 aromatic carbocycles. The monoisotopic (exact) mass is 451 g/mol. The van der Waals surface area contributed by atoms with E-state index in [4.69, 9.17) is 11.6 Å². The summed E-state index contributed by atoms with van der Waals surface area (Å²) in [6.07, 6.45) is 5.25. The van der Waals surface area contributed by atoms with Crippen LogP contribution in [0.1, 0.15) is 12.8 Å². The van der Waals surface area contributed by atoms with E-state index in [1.54, 1.807) is 10.9 Å². The minimum Gasteiger partial charge on any atom is -0.368 e. The molecule has 0 radical (unpaired) electrons. The van der Waals surface area contributed by atoms with Crippen LogP contribution in [0.2, 0.25) is 5.02 Å². The number of carbonyl (C=O) groups is 1. The fourth-order valence-corrected chi connectivity index (χ4v) is 4.67. The molecule has 0 bridgehead atoms. The average molecular weight is 452 g/mol. The molecule has 2 fully saturated rings. The summed E-state index contributed by atoms with van der Waals surface area (Å²) in [4.78, 5) is 19.6. The minimum atomic E-state index is 0.0836. The topological polar surface area (TPSA) is 70.4 Å². The molecule has 2 saturated heterocycles. The van der Waals surface area contributed by atoms with Crippen molar-refractivity contribution in [2.24, 2.45) is 5.92 Å². The average Bonchev–Trinajstić information content (AvgIpc) is 3.39. The highest BCUT2D eigenvalue weighted by molar-refractivity contribution is 6.30. The lowest BCUT2D eigenvalue weighted by atomic mass is 9.95. The smallest absolute Gasteiger partial charge is 0.225 e. The molecule has 0 saturated carbocycles. The molecule has 2 aromatic heterocycles. The number of piperidine rings is 1. The number of aromatic nitrogens is 4. The van der Waals surface area contributed by atoms with Crippen LogP contribution < -0.4 is 9.80 Å². The Hall–Kier alpha value is -3.13. The molecule has 0 spiro atoms. The van der Waals surface area contributed by atoms with Crippen molar-refractivity contribution in [3.63, 3.8) is 0 Å². The highest BCUT2D eigenvalue weighted by Gasteiger charge is 2.31. The first-order chi connectivity index (χ1) is 15.7. The maximum absolute atomic E-state index is 13.1. The lowest BCUT2D eigenvalue weighted by Crippen LogP contribution is -2.51. The van der Waals surface area contributed by atoms with Gasteiger partial charge in [-0.1, -0.05) is 17.7 Å². The number of rotatable bonds is 4. The Morgan fingerprint density at radius 3 is 2.28 bits per heavy atom.